The van der Waals surface area contributed by atoms with Gasteiger partial charge in [0.2, 0.25) is 5.91 Å². The minimum atomic E-state index is -2.77. The molecular formula is C45H50FN5O5SSi. The van der Waals surface area contributed by atoms with E-state index in [4.69, 9.17) is 9.16 Å². The highest BCUT2D eigenvalue weighted by Crippen LogP contribution is 2.41. The number of rotatable bonds is 11. The average Bonchev–Trinajstić information content (AvgIpc) is 3.98. The van der Waals surface area contributed by atoms with Crippen molar-refractivity contribution in [1.82, 2.24) is 24.2 Å². The number of benzene rings is 3. The molecule has 3 aromatic carbocycles. The van der Waals surface area contributed by atoms with Gasteiger partial charge in [-0.05, 0) is 90.7 Å². The van der Waals surface area contributed by atoms with Crippen molar-refractivity contribution in [2.24, 2.45) is 0 Å². The fourth-order valence-corrected chi connectivity index (χ4v) is 15.0. The van der Waals surface area contributed by atoms with E-state index in [0.29, 0.717) is 52.2 Å². The van der Waals surface area contributed by atoms with Crippen LogP contribution in [0, 0.1) is 19.7 Å². The highest BCUT2D eigenvalue weighted by atomic mass is 32.1. The van der Waals surface area contributed by atoms with Crippen molar-refractivity contribution in [2.45, 2.75) is 103 Å². The topological polar surface area (TPSA) is 109 Å². The van der Waals surface area contributed by atoms with Crippen LogP contribution in [0.3, 0.4) is 0 Å². The number of thiophene rings is 1. The maximum Gasteiger partial charge on any atom is 0.332 e. The number of nitrogens with one attached hydrogen (secondary N) is 1. The Bertz CT molecular complexity index is 2500. The Labute approximate surface area is 342 Å². The van der Waals surface area contributed by atoms with Crippen LogP contribution in [0.15, 0.2) is 107 Å². The lowest BCUT2D eigenvalue weighted by Gasteiger charge is -2.46. The van der Waals surface area contributed by atoms with Crippen molar-refractivity contribution in [2.75, 3.05) is 6.54 Å². The van der Waals surface area contributed by atoms with Gasteiger partial charge in [-0.25, -0.2) is 18.4 Å². The number of carbonyl (C=O) groups excluding carboxylic acids is 1. The first-order valence-electron chi connectivity index (χ1n) is 20.1. The van der Waals surface area contributed by atoms with Crippen LogP contribution in [0.5, 0.6) is 0 Å². The minimum Gasteiger partial charge on any atom is -0.404 e. The predicted octanol–water partition coefficient (Wildman–Crippen LogP) is 6.87. The maximum absolute atomic E-state index is 15.1. The van der Waals surface area contributed by atoms with Gasteiger partial charge in [0.15, 0.2) is 0 Å². The molecule has 1 amide bonds. The van der Waals surface area contributed by atoms with Crippen LogP contribution in [-0.4, -0.2) is 51.9 Å². The number of carbonyl (C=O) groups is 1. The zero-order valence-electron chi connectivity index (χ0n) is 33.6. The molecule has 13 heteroatoms. The Morgan fingerprint density at radius 3 is 2.14 bits per heavy atom. The van der Waals surface area contributed by atoms with Crippen LogP contribution < -0.4 is 26.9 Å². The Balaban J connectivity index is 1.14. The number of aryl methyl sites for hydroxylation is 2. The first-order chi connectivity index (χ1) is 27.9. The standard InChI is InChI=1S/C45H50FN5O5SSi/c1-29-17-18-31(46)27-36(29)38(28-49-43-39(30(2)42(57-43)50-26-12-24-48-50)41(53)51(44(49)54)37-23-25-47-40(37)52)55-32-19-21-33(22-20-32)56-58(45(3,4)5,34-13-8-6-9-14-34)35-15-10-7-11-16-35/h6-18,24,26-27,32-33,37-38H,19-23,25,28H2,1-5H3,(H,47,52)/t32?,33?,37-,38-/m0/s1. The van der Waals surface area contributed by atoms with E-state index in [1.165, 1.54) is 33.8 Å². The van der Waals surface area contributed by atoms with Gasteiger partial charge in [0.05, 0.1) is 18.0 Å². The first-order valence-corrected chi connectivity index (χ1v) is 22.9. The molecule has 302 valence electrons. The van der Waals surface area contributed by atoms with E-state index in [2.05, 4.69) is 79.7 Å². The van der Waals surface area contributed by atoms with E-state index in [0.717, 1.165) is 23.0 Å². The van der Waals surface area contributed by atoms with Gasteiger partial charge in [0.25, 0.3) is 13.9 Å². The zero-order chi connectivity index (χ0) is 40.8. The third kappa shape index (κ3) is 7.22. The third-order valence-corrected chi connectivity index (χ3v) is 18.3. The molecule has 0 unspecified atom stereocenters. The molecular weight excluding hydrogens is 770 g/mol. The molecule has 4 heterocycles. The Morgan fingerprint density at radius 2 is 1.55 bits per heavy atom. The maximum atomic E-state index is 15.1. The fraction of sp³-hybridized carbons (Fsp3) is 0.378. The summed E-state index contributed by atoms with van der Waals surface area (Å²) in [5, 5.41) is 10.6. The summed E-state index contributed by atoms with van der Waals surface area (Å²) in [6.45, 7) is 11.0. The SMILES string of the molecule is Cc1ccc(F)cc1[C@H](Cn1c(=O)n([C@H]2CCNC2=O)c(=O)c2c(C)c(-n3cccn3)sc21)OC1CCC(O[Si](c2ccccc2)(c2ccccc2)C(C)(C)C)CC1. The fourth-order valence-electron chi connectivity index (χ4n) is 9.02. The summed E-state index contributed by atoms with van der Waals surface area (Å²) in [4.78, 5) is 42.3. The quantitative estimate of drug-likeness (QED) is 0.143. The van der Waals surface area contributed by atoms with Crippen LogP contribution in [-0.2, 0) is 20.5 Å². The molecule has 2 aliphatic rings. The zero-order valence-corrected chi connectivity index (χ0v) is 35.4. The summed E-state index contributed by atoms with van der Waals surface area (Å²) < 4.78 is 33.9. The number of ether oxygens (including phenoxy) is 1. The lowest BCUT2D eigenvalue weighted by molar-refractivity contribution is -0.122. The molecule has 1 N–H and O–H groups in total. The average molecular weight is 820 g/mol. The molecule has 0 spiro atoms. The minimum absolute atomic E-state index is 0.00122. The van der Waals surface area contributed by atoms with E-state index in [1.54, 1.807) is 33.8 Å². The summed E-state index contributed by atoms with van der Waals surface area (Å²) in [5.41, 5.74) is 1.00. The molecule has 1 saturated carbocycles. The monoisotopic (exact) mass is 819 g/mol. The van der Waals surface area contributed by atoms with E-state index < -0.39 is 37.5 Å². The van der Waals surface area contributed by atoms with Crippen LogP contribution in [0.25, 0.3) is 15.2 Å². The summed E-state index contributed by atoms with van der Waals surface area (Å²) >= 11 is 1.29. The Morgan fingerprint density at radius 1 is 0.897 bits per heavy atom. The van der Waals surface area contributed by atoms with Gasteiger partial charge in [-0.3, -0.25) is 14.2 Å². The van der Waals surface area contributed by atoms with Crippen LogP contribution in [0.4, 0.5) is 4.39 Å². The summed E-state index contributed by atoms with van der Waals surface area (Å²) in [6, 6.07) is 26.8. The number of hydrogen-bond donors (Lipinski definition) is 1. The molecule has 0 bridgehead atoms. The number of hydrogen-bond acceptors (Lipinski definition) is 7. The molecule has 1 aliphatic carbocycles. The second kappa shape index (κ2) is 16.0. The molecule has 1 aliphatic heterocycles. The Hall–Kier alpha value is -4.95. The number of halogens is 1. The Kier molecular flexibility index (Phi) is 11.0. The van der Waals surface area contributed by atoms with Gasteiger partial charge < -0.3 is 14.5 Å². The van der Waals surface area contributed by atoms with Crippen molar-refractivity contribution in [3.8, 4) is 5.00 Å². The van der Waals surface area contributed by atoms with Gasteiger partial charge >= 0.3 is 5.69 Å². The summed E-state index contributed by atoms with van der Waals surface area (Å²) in [7, 11) is -2.77. The summed E-state index contributed by atoms with van der Waals surface area (Å²) in [6.07, 6.45) is 5.78. The lowest BCUT2D eigenvalue weighted by Crippen LogP contribution is -2.67. The lowest BCUT2D eigenvalue weighted by atomic mass is 9.94. The van der Waals surface area contributed by atoms with Crippen LogP contribution in [0.2, 0.25) is 5.04 Å². The van der Waals surface area contributed by atoms with Crippen LogP contribution >= 0.6 is 11.3 Å². The second-order valence-electron chi connectivity index (χ2n) is 16.6. The van der Waals surface area contributed by atoms with E-state index >= 15 is 4.39 Å². The molecule has 2 fully saturated rings. The van der Waals surface area contributed by atoms with E-state index in [1.807, 2.05) is 26.0 Å². The molecule has 2 atom stereocenters. The number of fused-ring (bicyclic) bond motifs is 1. The van der Waals surface area contributed by atoms with Crippen molar-refractivity contribution in [3.05, 3.63) is 141 Å². The molecule has 10 nitrogen and oxygen atoms in total. The van der Waals surface area contributed by atoms with Crippen molar-refractivity contribution >= 4 is 46.2 Å². The molecule has 6 aromatic rings. The van der Waals surface area contributed by atoms with Crippen molar-refractivity contribution in [3.63, 3.8) is 0 Å². The second-order valence-corrected chi connectivity index (χ2v) is 21.9. The highest BCUT2D eigenvalue weighted by Gasteiger charge is 2.51. The number of aromatic nitrogens is 4. The van der Waals surface area contributed by atoms with Gasteiger partial charge in [0, 0.05) is 30.6 Å². The largest absolute Gasteiger partial charge is 0.404 e. The van der Waals surface area contributed by atoms with Gasteiger partial charge in [-0.2, -0.15) is 5.10 Å². The van der Waals surface area contributed by atoms with E-state index in [-0.39, 0.29) is 29.7 Å². The van der Waals surface area contributed by atoms with Crippen molar-refractivity contribution < 1.29 is 18.3 Å². The molecule has 3 aromatic heterocycles. The molecule has 8 rings (SSSR count). The summed E-state index contributed by atoms with van der Waals surface area (Å²) in [5.74, 6) is -0.772. The smallest absolute Gasteiger partial charge is 0.332 e. The highest BCUT2D eigenvalue weighted by molar-refractivity contribution is 7.21. The number of nitrogens with zero attached hydrogens (tertiary/aromatic N) is 4. The molecule has 58 heavy (non-hydrogen) atoms. The predicted molar refractivity (Wildman–Crippen MR) is 229 cm³/mol. The molecule has 1 saturated heterocycles. The first kappa shape index (κ1) is 39.9. The van der Waals surface area contributed by atoms with Gasteiger partial charge in [0.1, 0.15) is 27.8 Å². The normalized spacial score (nSPS) is 19.4. The van der Waals surface area contributed by atoms with E-state index in [9.17, 15) is 14.4 Å². The molecule has 0 radical (unpaired) electrons. The third-order valence-electron chi connectivity index (χ3n) is 11.9. The van der Waals surface area contributed by atoms with Crippen molar-refractivity contribution in [1.29, 1.82) is 0 Å². The van der Waals surface area contributed by atoms with Crippen LogP contribution in [0.1, 0.15) is 81.7 Å². The van der Waals surface area contributed by atoms with Gasteiger partial charge in [-0.15, -0.1) is 0 Å². The van der Waals surface area contributed by atoms with Gasteiger partial charge in [-0.1, -0.05) is 98.8 Å². The number of amides is 1.